The average Bonchev–Trinajstić information content (AvgIpc) is 3.36. The van der Waals surface area contributed by atoms with Gasteiger partial charge in [-0.3, -0.25) is 14.9 Å². The quantitative estimate of drug-likeness (QED) is 0.0260. The van der Waals surface area contributed by atoms with Gasteiger partial charge in [-0.2, -0.15) is 0 Å². The number of nitrogens with one attached hydrogen (secondary N) is 5. The molecule has 0 spiro atoms. The lowest BCUT2D eigenvalue weighted by Gasteiger charge is -2.23. The summed E-state index contributed by atoms with van der Waals surface area (Å²) in [4.78, 5) is 24.5. The van der Waals surface area contributed by atoms with Gasteiger partial charge in [0.25, 0.3) is 0 Å². The van der Waals surface area contributed by atoms with E-state index in [0.29, 0.717) is 26.2 Å². The number of aliphatic hydroxyl groups excluding tert-OH is 2. The van der Waals surface area contributed by atoms with Gasteiger partial charge in [-0.1, -0.05) is 62.9 Å². The molecule has 1 aliphatic heterocycles. The summed E-state index contributed by atoms with van der Waals surface area (Å²) in [6.45, 7) is 9.07. The Morgan fingerprint density at radius 3 is 2.24 bits per heavy atom. The van der Waals surface area contributed by atoms with E-state index in [4.69, 9.17) is 9.84 Å². The average molecular weight is 649 g/mol. The summed E-state index contributed by atoms with van der Waals surface area (Å²) in [5.41, 5.74) is 1.26. The Labute approximate surface area is 275 Å². The topological polar surface area (TPSA) is 167 Å². The summed E-state index contributed by atoms with van der Waals surface area (Å²) in [5, 5.41) is 45.7. The third-order valence-corrected chi connectivity index (χ3v) is 7.86. The van der Waals surface area contributed by atoms with E-state index in [1.165, 1.54) is 5.56 Å². The van der Waals surface area contributed by atoms with Crippen LogP contribution in [0.2, 0.25) is 0 Å². The van der Waals surface area contributed by atoms with Crippen LogP contribution >= 0.6 is 0 Å². The molecule has 1 aromatic rings. The number of carboxylic acids is 1. The van der Waals surface area contributed by atoms with Crippen molar-refractivity contribution in [1.29, 1.82) is 0 Å². The molecule has 12 nitrogen and oxygen atoms in total. The molecule has 0 bridgehead atoms. The predicted molar refractivity (Wildman–Crippen MR) is 181 cm³/mol. The number of carbonyl (C=O) groups is 2. The molecule has 4 atom stereocenters. The molecule has 0 fully saturated rings. The Morgan fingerprint density at radius 2 is 1.52 bits per heavy atom. The number of aliphatic carboxylic acids is 1. The third-order valence-electron chi connectivity index (χ3n) is 7.86. The van der Waals surface area contributed by atoms with Crippen LogP contribution in [0.4, 0.5) is 0 Å². The molecule has 0 radical (unpaired) electrons. The molecule has 1 heterocycles. The predicted octanol–water partition coefficient (Wildman–Crippen LogP) is 1.19. The maximum Gasteiger partial charge on any atom is 0.310 e. The number of benzene rings is 1. The highest BCUT2D eigenvalue weighted by molar-refractivity contribution is 5.95. The maximum absolute atomic E-state index is 11.9. The van der Waals surface area contributed by atoms with E-state index in [9.17, 15) is 19.8 Å². The summed E-state index contributed by atoms with van der Waals surface area (Å²) < 4.78 is 5.97. The zero-order valence-electron chi connectivity index (χ0n) is 27.8. The van der Waals surface area contributed by atoms with E-state index in [1.807, 2.05) is 6.07 Å². The number of hydrogen-bond acceptors (Lipinski definition) is 11. The highest BCUT2D eigenvalue weighted by Crippen LogP contribution is 2.14. The van der Waals surface area contributed by atoms with E-state index in [0.717, 1.165) is 84.1 Å². The van der Waals surface area contributed by atoms with Gasteiger partial charge in [0.1, 0.15) is 25.1 Å². The summed E-state index contributed by atoms with van der Waals surface area (Å²) in [5.74, 6) is -1.49. The lowest BCUT2D eigenvalue weighted by atomic mass is 10.1. The first-order valence-corrected chi connectivity index (χ1v) is 17.2. The number of aliphatic hydroxyl groups is 2. The minimum atomic E-state index is -1.12. The SMILES string of the molecule is CCCCCO[C@@H](CNC[C@H](Cc1ccccc1)NCCNCCNCCCCCCN1[C@@H](O)C=C[C@@H]1O)NCC(=O)CC(=O)O. The van der Waals surface area contributed by atoms with Crippen molar-refractivity contribution in [2.24, 2.45) is 0 Å². The van der Waals surface area contributed by atoms with Gasteiger partial charge in [-0.15, -0.1) is 0 Å². The van der Waals surface area contributed by atoms with Gasteiger partial charge in [0.2, 0.25) is 0 Å². The van der Waals surface area contributed by atoms with Crippen molar-refractivity contribution in [3.63, 3.8) is 0 Å². The maximum atomic E-state index is 11.9. The molecular weight excluding hydrogens is 588 g/mol. The lowest BCUT2D eigenvalue weighted by molar-refractivity contribution is -0.140. The molecule has 2 rings (SSSR count). The van der Waals surface area contributed by atoms with Crippen molar-refractivity contribution in [3.05, 3.63) is 48.0 Å². The van der Waals surface area contributed by atoms with Crippen LogP contribution in [-0.2, 0) is 20.7 Å². The monoisotopic (exact) mass is 648 g/mol. The molecule has 0 aliphatic carbocycles. The number of unbranched alkanes of at least 4 members (excludes halogenated alkanes) is 5. The molecular formula is C34H60N6O6. The highest BCUT2D eigenvalue weighted by atomic mass is 16.5. The second kappa shape index (κ2) is 25.8. The van der Waals surface area contributed by atoms with Crippen LogP contribution in [0.5, 0.6) is 0 Å². The van der Waals surface area contributed by atoms with Crippen molar-refractivity contribution < 1.29 is 29.6 Å². The molecule has 12 heteroatoms. The zero-order valence-corrected chi connectivity index (χ0v) is 27.8. The van der Waals surface area contributed by atoms with Crippen molar-refractivity contribution in [1.82, 2.24) is 31.5 Å². The van der Waals surface area contributed by atoms with Crippen LogP contribution < -0.4 is 26.6 Å². The van der Waals surface area contributed by atoms with Crippen molar-refractivity contribution in [3.8, 4) is 0 Å². The number of ether oxygens (including phenoxy) is 1. The number of hydrogen-bond donors (Lipinski definition) is 8. The van der Waals surface area contributed by atoms with Gasteiger partial charge in [-0.05, 0) is 49.9 Å². The van der Waals surface area contributed by atoms with E-state index in [2.05, 4.69) is 57.8 Å². The fraction of sp³-hybridized carbons (Fsp3) is 0.706. The second-order valence-electron chi connectivity index (χ2n) is 11.9. The fourth-order valence-electron chi connectivity index (χ4n) is 5.26. The van der Waals surface area contributed by atoms with Crippen LogP contribution in [-0.4, -0.2) is 122 Å². The fourth-order valence-corrected chi connectivity index (χ4v) is 5.26. The van der Waals surface area contributed by atoms with E-state index < -0.39 is 24.8 Å². The van der Waals surface area contributed by atoms with Gasteiger partial charge >= 0.3 is 5.97 Å². The van der Waals surface area contributed by atoms with Crippen molar-refractivity contribution >= 4 is 11.8 Å². The smallest absolute Gasteiger partial charge is 0.310 e. The van der Waals surface area contributed by atoms with Crippen molar-refractivity contribution in [2.45, 2.75) is 89.4 Å². The van der Waals surface area contributed by atoms with Gasteiger partial charge in [-0.25, -0.2) is 4.90 Å². The zero-order chi connectivity index (χ0) is 33.2. The Balaban J connectivity index is 1.61. The molecule has 262 valence electrons. The lowest BCUT2D eigenvalue weighted by Crippen LogP contribution is -2.48. The van der Waals surface area contributed by atoms with Gasteiger partial charge in [0, 0.05) is 58.5 Å². The summed E-state index contributed by atoms with van der Waals surface area (Å²) in [6.07, 6.45) is 9.31. The number of rotatable bonds is 30. The molecule has 0 aromatic heterocycles. The molecule has 1 aromatic carbocycles. The van der Waals surface area contributed by atoms with Gasteiger partial charge in [0.15, 0.2) is 5.78 Å². The number of ketones is 1. The molecule has 0 saturated heterocycles. The van der Waals surface area contributed by atoms with Crippen molar-refractivity contribution in [2.75, 3.05) is 65.5 Å². The number of carbonyl (C=O) groups excluding carboxylic acids is 1. The number of nitrogens with zero attached hydrogens (tertiary/aromatic N) is 1. The van der Waals surface area contributed by atoms with E-state index in [-0.39, 0.29) is 24.6 Å². The molecule has 1 aliphatic rings. The van der Waals surface area contributed by atoms with Crippen LogP contribution in [0.15, 0.2) is 42.5 Å². The molecule has 0 amide bonds. The molecule has 46 heavy (non-hydrogen) atoms. The van der Waals surface area contributed by atoms with E-state index in [1.54, 1.807) is 17.1 Å². The standard InChI is InChI=1S/C34H60N6O6/c1-2-3-11-22-46-31(39-26-30(41)24-34(44)45)27-37-25-29(23-28-12-7-6-8-13-28)38-20-19-36-18-17-35-16-9-4-5-10-21-40-32(42)14-15-33(40)43/h6-8,12-15,29,31-33,35-39,42-43H,2-5,9-11,16-27H2,1H3,(H,44,45)/t29-,31-,32-,33-/m0/s1. The minimum absolute atomic E-state index is 0.0346. The summed E-state index contributed by atoms with van der Waals surface area (Å²) in [6, 6.07) is 10.6. The highest BCUT2D eigenvalue weighted by Gasteiger charge is 2.24. The molecule has 0 unspecified atom stereocenters. The van der Waals surface area contributed by atoms with Gasteiger partial charge < -0.3 is 41.3 Å². The van der Waals surface area contributed by atoms with E-state index >= 15 is 0 Å². The Kier molecular flexibility index (Phi) is 22.4. The first kappa shape index (κ1) is 39.9. The Morgan fingerprint density at radius 1 is 0.826 bits per heavy atom. The first-order chi connectivity index (χ1) is 22.4. The summed E-state index contributed by atoms with van der Waals surface area (Å²) >= 11 is 0. The molecule has 8 N–H and O–H groups in total. The number of Topliss-reactive ketones (excluding diaryl/α,β-unsaturated/α-hetero) is 1. The largest absolute Gasteiger partial charge is 0.481 e. The third kappa shape index (κ3) is 19.4. The Bertz CT molecular complexity index is 943. The second-order valence-corrected chi connectivity index (χ2v) is 11.9. The minimum Gasteiger partial charge on any atom is -0.481 e. The first-order valence-electron chi connectivity index (χ1n) is 17.2. The Hall–Kier alpha value is -2.26. The van der Waals surface area contributed by atoms with Gasteiger partial charge in [0.05, 0.1) is 6.54 Å². The molecule has 0 saturated carbocycles. The van der Waals surface area contributed by atoms with Crippen LogP contribution in [0, 0.1) is 0 Å². The normalized spacial score (nSPS) is 17.8. The van der Waals surface area contributed by atoms with Crippen LogP contribution in [0.3, 0.4) is 0 Å². The summed E-state index contributed by atoms with van der Waals surface area (Å²) in [7, 11) is 0. The van der Waals surface area contributed by atoms with Crippen LogP contribution in [0.25, 0.3) is 0 Å². The van der Waals surface area contributed by atoms with Crippen LogP contribution in [0.1, 0.15) is 63.9 Å². The number of carboxylic acid groups (broad SMARTS) is 1.